The topological polar surface area (TPSA) is 56.8 Å². The summed E-state index contributed by atoms with van der Waals surface area (Å²) in [7, 11) is 0. The Labute approximate surface area is 196 Å². The molecule has 2 aliphatic rings. The van der Waals surface area contributed by atoms with Gasteiger partial charge >= 0.3 is 0 Å². The first kappa shape index (κ1) is 22.6. The summed E-state index contributed by atoms with van der Waals surface area (Å²) in [5, 5.41) is 1.22. The minimum atomic E-state index is -0.621. The van der Waals surface area contributed by atoms with Crippen LogP contribution in [-0.2, 0) is 0 Å². The summed E-state index contributed by atoms with van der Waals surface area (Å²) in [6, 6.07) is 12.5. The molecule has 0 atom stereocenters. The first-order chi connectivity index (χ1) is 15.1. The van der Waals surface area contributed by atoms with Crippen LogP contribution in [0.25, 0.3) is 10.1 Å². The van der Waals surface area contributed by atoms with Crippen LogP contribution in [0, 0.1) is 5.82 Å². The van der Waals surface area contributed by atoms with E-state index in [4.69, 9.17) is 0 Å². The molecule has 0 N–H and O–H groups in total. The predicted octanol–water partition coefficient (Wildman–Crippen LogP) is 4.06. The van der Waals surface area contributed by atoms with E-state index in [2.05, 4.69) is 32.4 Å². The Kier molecular flexibility index (Phi) is 6.74. The monoisotopic (exact) mass is 474 g/mol. The summed E-state index contributed by atoms with van der Waals surface area (Å²) in [4.78, 5) is 30.8. The maximum atomic E-state index is 13.9. The molecule has 2 aliphatic heterocycles. The number of anilines is 1. The number of hydrogen-bond acceptors (Lipinski definition) is 6. The van der Waals surface area contributed by atoms with E-state index in [0.717, 1.165) is 45.0 Å². The molecule has 3 heterocycles. The number of imide groups is 1. The van der Waals surface area contributed by atoms with Gasteiger partial charge in [0.25, 0.3) is 11.8 Å². The number of unbranched alkanes of at least 4 members (excludes halogenated alkanes) is 1. The first-order valence-corrected chi connectivity index (χ1v) is 11.4. The van der Waals surface area contributed by atoms with Gasteiger partial charge in [0, 0.05) is 38.1 Å². The summed E-state index contributed by atoms with van der Waals surface area (Å²) in [6.07, 6.45) is 1.60. The zero-order chi connectivity index (χ0) is 21.4. The Hall–Kier alpha value is -2.55. The van der Waals surface area contributed by atoms with Crippen molar-refractivity contribution in [3.63, 3.8) is 0 Å². The molecule has 0 radical (unpaired) electrons. The molecule has 0 aliphatic carbocycles. The van der Waals surface area contributed by atoms with Crippen molar-refractivity contribution in [2.24, 2.45) is 0 Å². The fourth-order valence-corrected chi connectivity index (χ4v) is 5.18. The molecule has 6 nitrogen and oxygen atoms in total. The van der Waals surface area contributed by atoms with E-state index in [9.17, 15) is 14.0 Å². The maximum Gasteiger partial charge on any atom is 0.264 e. The molecule has 0 saturated carbocycles. The highest BCUT2D eigenvalue weighted by Gasteiger charge is 2.37. The lowest BCUT2D eigenvalue weighted by Gasteiger charge is -2.35. The second-order valence-electron chi connectivity index (χ2n) is 7.96. The van der Waals surface area contributed by atoms with E-state index in [1.165, 1.54) is 33.2 Å². The second-order valence-corrected chi connectivity index (χ2v) is 8.77. The molecule has 0 unspecified atom stereocenters. The van der Waals surface area contributed by atoms with Gasteiger partial charge in [0.1, 0.15) is 11.6 Å². The van der Waals surface area contributed by atoms with Crippen molar-refractivity contribution in [1.29, 1.82) is 0 Å². The van der Waals surface area contributed by atoms with Gasteiger partial charge in [-0.25, -0.2) is 4.39 Å². The van der Waals surface area contributed by atoms with E-state index in [1.54, 1.807) is 11.5 Å². The summed E-state index contributed by atoms with van der Waals surface area (Å²) in [5.41, 5.74) is 0.0915. The van der Waals surface area contributed by atoms with Crippen LogP contribution in [0.15, 0.2) is 42.5 Å². The molecule has 168 valence electrons. The van der Waals surface area contributed by atoms with Crippen LogP contribution in [0.2, 0.25) is 0 Å². The average molecular weight is 475 g/mol. The molecule has 1 saturated heterocycles. The highest BCUT2D eigenvalue weighted by molar-refractivity contribution is 7.13. The Morgan fingerprint density at radius 3 is 2.44 bits per heavy atom. The summed E-state index contributed by atoms with van der Waals surface area (Å²) >= 11 is 1.55. The van der Waals surface area contributed by atoms with E-state index in [-0.39, 0.29) is 29.4 Å². The van der Waals surface area contributed by atoms with Gasteiger partial charge in [0.2, 0.25) is 0 Å². The normalized spacial score (nSPS) is 16.5. The Morgan fingerprint density at radius 1 is 0.906 bits per heavy atom. The number of rotatable bonds is 6. The third-order valence-corrected chi connectivity index (χ3v) is 6.90. The minimum Gasteiger partial charge on any atom is -0.353 e. The molecule has 32 heavy (non-hydrogen) atoms. The number of carbonyl (C=O) groups is 2. The lowest BCUT2D eigenvalue weighted by molar-refractivity contribution is 0.0649. The number of nitrogens with zero attached hydrogens (tertiary/aromatic N) is 4. The van der Waals surface area contributed by atoms with Gasteiger partial charge in [-0.1, -0.05) is 18.2 Å². The predicted molar refractivity (Wildman–Crippen MR) is 127 cm³/mol. The number of carbonyl (C=O) groups excluding carboxylic acids is 2. The quantitative estimate of drug-likeness (QED) is 0.398. The van der Waals surface area contributed by atoms with Crippen molar-refractivity contribution in [3.8, 4) is 0 Å². The molecule has 5 rings (SSSR count). The molecule has 2 aromatic carbocycles. The Morgan fingerprint density at radius 2 is 1.66 bits per heavy atom. The van der Waals surface area contributed by atoms with Gasteiger partial charge in [-0.15, -0.1) is 12.4 Å². The fourth-order valence-electron chi connectivity index (χ4n) is 4.38. The molecule has 1 aromatic heterocycles. The van der Waals surface area contributed by atoms with Crippen molar-refractivity contribution < 1.29 is 14.0 Å². The van der Waals surface area contributed by atoms with Gasteiger partial charge in [-0.05, 0) is 55.2 Å². The smallest absolute Gasteiger partial charge is 0.264 e. The summed E-state index contributed by atoms with van der Waals surface area (Å²) < 4.78 is 19.8. The molecule has 9 heteroatoms. The summed E-state index contributed by atoms with van der Waals surface area (Å²) in [5.74, 6) is -0.437. The van der Waals surface area contributed by atoms with Crippen molar-refractivity contribution in [1.82, 2.24) is 14.2 Å². The SMILES string of the molecule is Cl.O=C1c2cccc(F)c2C(=O)N1CCCCN1CCN(c2nsc3ccccc23)CC1. The van der Waals surface area contributed by atoms with Gasteiger partial charge in [-0.3, -0.25) is 19.4 Å². The fraction of sp³-hybridized carbons (Fsp3) is 0.348. The largest absolute Gasteiger partial charge is 0.353 e. The number of piperazine rings is 1. The maximum absolute atomic E-state index is 13.9. The first-order valence-electron chi connectivity index (χ1n) is 10.6. The number of fused-ring (bicyclic) bond motifs is 2. The summed E-state index contributed by atoms with van der Waals surface area (Å²) in [6.45, 7) is 5.05. The number of aromatic nitrogens is 1. The third-order valence-electron chi connectivity index (χ3n) is 6.08. The molecular formula is C23H24ClFN4O2S. The van der Waals surface area contributed by atoms with Crippen molar-refractivity contribution >= 4 is 51.7 Å². The van der Waals surface area contributed by atoms with Crippen molar-refractivity contribution in [2.45, 2.75) is 12.8 Å². The zero-order valence-corrected chi connectivity index (χ0v) is 19.1. The third kappa shape index (κ3) is 4.10. The van der Waals surface area contributed by atoms with Gasteiger partial charge in [-0.2, -0.15) is 4.37 Å². The number of halogens is 2. The van der Waals surface area contributed by atoms with E-state index >= 15 is 0 Å². The lowest BCUT2D eigenvalue weighted by atomic mass is 10.1. The molecular weight excluding hydrogens is 451 g/mol. The van der Waals surface area contributed by atoms with Crippen LogP contribution in [0.5, 0.6) is 0 Å². The standard InChI is InChI=1S/C23H23FN4O2S.ClH/c24-18-8-5-7-17-20(18)23(30)28(22(17)29)11-4-3-10-26-12-14-27(15-13-26)21-16-6-1-2-9-19(16)31-25-21;/h1-2,5-9H,3-4,10-15H2;1H. The zero-order valence-electron chi connectivity index (χ0n) is 17.5. The number of hydrogen-bond donors (Lipinski definition) is 0. The Bertz CT molecular complexity index is 1150. The van der Waals surface area contributed by atoms with Gasteiger partial charge in [0.05, 0.1) is 15.8 Å². The van der Waals surface area contributed by atoms with Crippen LogP contribution >= 0.6 is 23.9 Å². The van der Waals surface area contributed by atoms with E-state index < -0.39 is 11.7 Å². The van der Waals surface area contributed by atoms with Crippen LogP contribution in [-0.4, -0.2) is 65.3 Å². The average Bonchev–Trinajstić information content (AvgIpc) is 3.32. The van der Waals surface area contributed by atoms with E-state index in [1.807, 2.05) is 6.07 Å². The highest BCUT2D eigenvalue weighted by Crippen LogP contribution is 2.30. The molecule has 1 fully saturated rings. The molecule has 3 aromatic rings. The highest BCUT2D eigenvalue weighted by atomic mass is 35.5. The Balaban J connectivity index is 0.00000245. The van der Waals surface area contributed by atoms with E-state index in [0.29, 0.717) is 13.0 Å². The van der Waals surface area contributed by atoms with Crippen LogP contribution in [0.1, 0.15) is 33.6 Å². The number of amides is 2. The van der Waals surface area contributed by atoms with Crippen LogP contribution in [0.3, 0.4) is 0 Å². The van der Waals surface area contributed by atoms with Crippen molar-refractivity contribution in [2.75, 3.05) is 44.2 Å². The second kappa shape index (κ2) is 9.52. The van der Waals surface area contributed by atoms with Crippen molar-refractivity contribution in [3.05, 3.63) is 59.4 Å². The van der Waals surface area contributed by atoms with Crippen LogP contribution < -0.4 is 4.90 Å². The number of benzene rings is 2. The van der Waals surface area contributed by atoms with Gasteiger partial charge < -0.3 is 4.90 Å². The molecule has 0 spiro atoms. The minimum absolute atomic E-state index is 0. The lowest BCUT2D eigenvalue weighted by Crippen LogP contribution is -2.46. The molecule has 0 bridgehead atoms. The van der Waals surface area contributed by atoms with Crippen LogP contribution in [0.4, 0.5) is 10.2 Å². The molecule has 2 amide bonds. The van der Waals surface area contributed by atoms with Gasteiger partial charge in [0.15, 0.2) is 0 Å².